The van der Waals surface area contributed by atoms with Crippen molar-refractivity contribution in [1.29, 1.82) is 0 Å². The molecule has 0 amide bonds. The SMILES string of the molecule is CC(C)n1nc2c3c(cc(F)cc3c1=O)NCC2c1ncnn1C.Fc1ccccc1. The van der Waals surface area contributed by atoms with Gasteiger partial charge >= 0.3 is 0 Å². The van der Waals surface area contributed by atoms with E-state index in [9.17, 15) is 13.6 Å². The van der Waals surface area contributed by atoms with Crippen LogP contribution >= 0.6 is 0 Å². The van der Waals surface area contributed by atoms with Gasteiger partial charge in [0.15, 0.2) is 0 Å². The van der Waals surface area contributed by atoms with Crippen molar-refractivity contribution in [3.63, 3.8) is 0 Å². The molecule has 1 unspecified atom stereocenters. The lowest BCUT2D eigenvalue weighted by molar-refractivity contribution is 0.490. The van der Waals surface area contributed by atoms with E-state index in [1.165, 1.54) is 35.3 Å². The molecule has 1 atom stereocenters. The third-order valence-corrected chi connectivity index (χ3v) is 5.12. The van der Waals surface area contributed by atoms with Gasteiger partial charge in [0.1, 0.15) is 23.8 Å². The third-order valence-electron chi connectivity index (χ3n) is 5.12. The molecule has 5 rings (SSSR count). The van der Waals surface area contributed by atoms with Crippen molar-refractivity contribution in [3.05, 3.63) is 82.3 Å². The molecule has 1 N–H and O–H groups in total. The molecule has 0 saturated carbocycles. The summed E-state index contributed by atoms with van der Waals surface area (Å²) in [5.74, 6) is -0.0297. The lowest BCUT2D eigenvalue weighted by Crippen LogP contribution is -2.31. The van der Waals surface area contributed by atoms with Gasteiger partial charge in [-0.15, -0.1) is 0 Å². The van der Waals surface area contributed by atoms with Gasteiger partial charge in [-0.05, 0) is 38.1 Å². The first-order valence-electron chi connectivity index (χ1n) is 9.91. The van der Waals surface area contributed by atoms with E-state index in [1.54, 1.807) is 22.9 Å². The van der Waals surface area contributed by atoms with Crippen LogP contribution in [-0.2, 0) is 7.05 Å². The van der Waals surface area contributed by atoms with Crippen molar-refractivity contribution in [3.8, 4) is 0 Å². The first kappa shape index (κ1) is 20.6. The fourth-order valence-corrected chi connectivity index (χ4v) is 3.68. The Bertz CT molecular complexity index is 1280. The summed E-state index contributed by atoms with van der Waals surface area (Å²) in [6, 6.07) is 10.5. The third kappa shape index (κ3) is 3.90. The molecule has 1 aliphatic rings. The Kier molecular flexibility index (Phi) is 5.50. The van der Waals surface area contributed by atoms with Crippen molar-refractivity contribution < 1.29 is 8.78 Å². The van der Waals surface area contributed by atoms with E-state index in [0.29, 0.717) is 23.0 Å². The smallest absolute Gasteiger partial charge is 0.275 e. The van der Waals surface area contributed by atoms with E-state index in [4.69, 9.17) is 0 Å². The zero-order valence-electron chi connectivity index (χ0n) is 17.4. The molecule has 0 fully saturated rings. The number of aryl methyl sites for hydroxylation is 1. The van der Waals surface area contributed by atoms with Gasteiger partial charge in [0.25, 0.3) is 5.56 Å². The summed E-state index contributed by atoms with van der Waals surface area (Å²) in [5.41, 5.74) is 1.03. The second-order valence-corrected chi connectivity index (χ2v) is 7.58. The Balaban J connectivity index is 0.000000282. The molecular weight excluding hydrogens is 402 g/mol. The van der Waals surface area contributed by atoms with Gasteiger partial charge in [0.2, 0.25) is 0 Å². The number of benzene rings is 2. The minimum Gasteiger partial charge on any atom is -0.383 e. The fraction of sp³-hybridized carbons (Fsp3) is 0.273. The number of anilines is 1. The molecule has 2 aromatic carbocycles. The van der Waals surface area contributed by atoms with Gasteiger partial charge in [-0.25, -0.2) is 18.4 Å². The molecule has 1 aliphatic heterocycles. The number of aromatic nitrogens is 5. The van der Waals surface area contributed by atoms with Crippen LogP contribution in [0.5, 0.6) is 0 Å². The molecule has 2 aromatic heterocycles. The van der Waals surface area contributed by atoms with Crippen LogP contribution in [-0.4, -0.2) is 31.1 Å². The minimum absolute atomic E-state index is 0.125. The molecule has 0 saturated heterocycles. The number of hydrogen-bond donors (Lipinski definition) is 1. The molecule has 160 valence electrons. The summed E-state index contributed by atoms with van der Waals surface area (Å²) in [6.07, 6.45) is 1.49. The van der Waals surface area contributed by atoms with Crippen LogP contribution in [0, 0.1) is 11.6 Å². The van der Waals surface area contributed by atoms with Gasteiger partial charge in [-0.2, -0.15) is 10.2 Å². The fourth-order valence-electron chi connectivity index (χ4n) is 3.68. The van der Waals surface area contributed by atoms with E-state index in [1.807, 2.05) is 20.9 Å². The highest BCUT2D eigenvalue weighted by Crippen LogP contribution is 2.36. The Morgan fingerprint density at radius 3 is 2.45 bits per heavy atom. The zero-order valence-corrected chi connectivity index (χ0v) is 17.4. The average molecular weight is 424 g/mol. The van der Waals surface area contributed by atoms with Gasteiger partial charge in [0, 0.05) is 24.7 Å². The van der Waals surface area contributed by atoms with Gasteiger partial charge in [-0.1, -0.05) is 18.2 Å². The molecule has 3 heterocycles. The average Bonchev–Trinajstić information content (AvgIpc) is 3.16. The highest BCUT2D eigenvalue weighted by Gasteiger charge is 2.30. The van der Waals surface area contributed by atoms with Crippen molar-refractivity contribution in [1.82, 2.24) is 24.5 Å². The summed E-state index contributed by atoms with van der Waals surface area (Å²) in [6.45, 7) is 4.28. The first-order chi connectivity index (χ1) is 14.9. The molecule has 0 aliphatic carbocycles. The molecule has 7 nitrogen and oxygen atoms in total. The Hall–Kier alpha value is -3.62. The Morgan fingerprint density at radius 1 is 1.13 bits per heavy atom. The summed E-state index contributed by atoms with van der Waals surface area (Å²) < 4.78 is 29.0. The highest BCUT2D eigenvalue weighted by atomic mass is 19.1. The van der Waals surface area contributed by atoms with Gasteiger partial charge in [0.05, 0.1) is 23.0 Å². The minimum atomic E-state index is -0.438. The van der Waals surface area contributed by atoms with Crippen LogP contribution in [0.4, 0.5) is 14.5 Å². The van der Waals surface area contributed by atoms with E-state index in [2.05, 4.69) is 20.5 Å². The van der Waals surface area contributed by atoms with Crippen LogP contribution < -0.4 is 10.9 Å². The second kappa shape index (κ2) is 8.25. The number of rotatable bonds is 2. The Morgan fingerprint density at radius 2 is 1.87 bits per heavy atom. The zero-order chi connectivity index (χ0) is 22.1. The summed E-state index contributed by atoms with van der Waals surface area (Å²) in [4.78, 5) is 17.0. The van der Waals surface area contributed by atoms with Crippen LogP contribution in [0.1, 0.15) is 37.3 Å². The van der Waals surface area contributed by atoms with Crippen LogP contribution in [0.25, 0.3) is 10.8 Å². The molecule has 31 heavy (non-hydrogen) atoms. The number of hydrogen-bond acceptors (Lipinski definition) is 5. The van der Waals surface area contributed by atoms with Crippen molar-refractivity contribution in [2.75, 3.05) is 11.9 Å². The maximum Gasteiger partial charge on any atom is 0.275 e. The van der Waals surface area contributed by atoms with E-state index < -0.39 is 5.82 Å². The highest BCUT2D eigenvalue weighted by molar-refractivity contribution is 5.97. The standard InChI is InChI=1S/C16H17FN6O.C6H5F/c1-8(2)23-16(24)10-4-9(17)5-12-13(10)14(21-23)11(6-18-12)15-19-7-20-22(15)3;7-6-4-2-1-3-5-6/h4-5,7-8,11,18H,6H2,1-3H3;1-5H. The van der Waals surface area contributed by atoms with E-state index >= 15 is 0 Å². The maximum absolute atomic E-state index is 14.0. The van der Waals surface area contributed by atoms with Crippen LogP contribution in [0.3, 0.4) is 0 Å². The summed E-state index contributed by atoms with van der Waals surface area (Å²) >= 11 is 0. The van der Waals surface area contributed by atoms with Crippen molar-refractivity contribution in [2.45, 2.75) is 25.8 Å². The number of nitrogens with one attached hydrogen (secondary N) is 1. The summed E-state index contributed by atoms with van der Waals surface area (Å²) in [5, 5.41) is 12.9. The molecule has 4 aromatic rings. The monoisotopic (exact) mass is 424 g/mol. The van der Waals surface area contributed by atoms with Gasteiger partial charge < -0.3 is 5.32 Å². The molecular formula is C22H22F2N6O. The van der Waals surface area contributed by atoms with Gasteiger partial charge in [-0.3, -0.25) is 9.48 Å². The van der Waals surface area contributed by atoms with E-state index in [-0.39, 0.29) is 23.3 Å². The Labute approximate surface area is 177 Å². The van der Waals surface area contributed by atoms with Crippen LogP contribution in [0.2, 0.25) is 0 Å². The summed E-state index contributed by atoms with van der Waals surface area (Å²) in [7, 11) is 1.82. The first-order valence-corrected chi connectivity index (χ1v) is 9.91. The topological polar surface area (TPSA) is 77.6 Å². The van der Waals surface area contributed by atoms with Crippen molar-refractivity contribution >= 4 is 16.5 Å². The molecule has 0 bridgehead atoms. The normalized spacial score (nSPS) is 14.8. The van der Waals surface area contributed by atoms with Crippen LogP contribution in [0.15, 0.2) is 53.6 Å². The predicted molar refractivity (Wildman–Crippen MR) is 114 cm³/mol. The van der Waals surface area contributed by atoms with Crippen molar-refractivity contribution in [2.24, 2.45) is 7.05 Å². The number of nitrogens with zero attached hydrogens (tertiary/aromatic N) is 5. The molecule has 0 radical (unpaired) electrons. The van der Waals surface area contributed by atoms with E-state index in [0.717, 1.165) is 11.5 Å². The second-order valence-electron chi connectivity index (χ2n) is 7.58. The lowest BCUT2D eigenvalue weighted by atomic mass is 9.94. The molecule has 9 heteroatoms. The largest absolute Gasteiger partial charge is 0.383 e. The maximum atomic E-state index is 14.0. The lowest BCUT2D eigenvalue weighted by Gasteiger charge is -2.26. The predicted octanol–water partition coefficient (Wildman–Crippen LogP) is 3.63. The quantitative estimate of drug-likeness (QED) is 0.532. The number of halogens is 2. The molecule has 0 spiro atoms.